The lowest BCUT2D eigenvalue weighted by Gasteiger charge is -2.12. The van der Waals surface area contributed by atoms with E-state index in [-0.39, 0.29) is 29.7 Å². The van der Waals surface area contributed by atoms with Crippen molar-refractivity contribution in [1.29, 1.82) is 0 Å². The highest BCUT2D eigenvalue weighted by Crippen LogP contribution is 2.20. The van der Waals surface area contributed by atoms with E-state index >= 15 is 0 Å². The normalized spacial score (nSPS) is 11.9. The molecule has 13 heteroatoms. The van der Waals surface area contributed by atoms with Crippen LogP contribution in [0.25, 0.3) is 0 Å². The minimum absolute atomic E-state index is 0.141. The minimum Gasteiger partial charge on any atom is -0.358 e. The van der Waals surface area contributed by atoms with Gasteiger partial charge in [0, 0.05) is 14.1 Å². The summed E-state index contributed by atoms with van der Waals surface area (Å²) in [6.45, 7) is 5.30. The lowest BCUT2D eigenvalue weighted by atomic mass is 10.1. The Morgan fingerprint density at radius 3 is 2.35 bits per heavy atom. The highest BCUT2D eigenvalue weighted by molar-refractivity contribution is 6.09. The van der Waals surface area contributed by atoms with Crippen LogP contribution in [0.1, 0.15) is 28.8 Å². The molecule has 13 nitrogen and oxygen atoms in total. The number of hydrogen-bond donors (Lipinski definition) is 2. The van der Waals surface area contributed by atoms with Crippen molar-refractivity contribution in [3.05, 3.63) is 45.7 Å². The first-order valence-corrected chi connectivity index (χ1v) is 9.40. The zero-order valence-corrected chi connectivity index (χ0v) is 17.8. The number of nitrogens with one attached hydrogen (secondary N) is 2. The molecule has 0 fully saturated rings. The smallest absolute Gasteiger partial charge is 0.358 e. The first-order valence-electron chi connectivity index (χ1n) is 9.40. The maximum Gasteiger partial charge on any atom is 0.390 e. The molecule has 0 spiro atoms. The summed E-state index contributed by atoms with van der Waals surface area (Å²) >= 11 is 0. The number of nitrogens with zero attached hydrogens (tertiary/aromatic N) is 7. The molecule has 0 saturated heterocycles. The molecule has 0 aliphatic rings. The Bertz CT molecular complexity index is 1160. The average Bonchev–Trinajstić information content (AvgIpc) is 3.35. The second-order valence-corrected chi connectivity index (χ2v) is 7.23. The van der Waals surface area contributed by atoms with E-state index in [1.54, 1.807) is 32.6 Å². The predicted octanol–water partition coefficient (Wildman–Crippen LogP) is 1.40. The van der Waals surface area contributed by atoms with Gasteiger partial charge in [-0.15, -0.1) is 0 Å². The molecule has 3 aromatic rings. The van der Waals surface area contributed by atoms with E-state index in [1.165, 1.54) is 27.8 Å². The van der Waals surface area contributed by atoms with E-state index in [4.69, 9.17) is 0 Å². The van der Waals surface area contributed by atoms with E-state index in [9.17, 15) is 19.7 Å². The number of nitro groups is 1. The molecule has 164 valence electrons. The molecule has 0 aliphatic heterocycles. The van der Waals surface area contributed by atoms with Crippen molar-refractivity contribution in [3.63, 3.8) is 0 Å². The van der Waals surface area contributed by atoms with Gasteiger partial charge in [-0.1, -0.05) is 6.92 Å². The maximum atomic E-state index is 12.8. The van der Waals surface area contributed by atoms with Crippen LogP contribution in [-0.4, -0.2) is 46.1 Å². The van der Waals surface area contributed by atoms with E-state index in [0.717, 1.165) is 5.69 Å². The molecule has 0 aliphatic carbocycles. The number of aromatic nitrogens is 6. The van der Waals surface area contributed by atoms with Crippen LogP contribution in [0.2, 0.25) is 0 Å². The van der Waals surface area contributed by atoms with E-state index in [1.807, 2.05) is 6.92 Å². The quantitative estimate of drug-likeness (QED) is 0.425. The average molecular weight is 429 g/mol. The van der Waals surface area contributed by atoms with Crippen LogP contribution < -0.4 is 10.6 Å². The minimum atomic E-state index is -0.585. The SMILES string of the molecule is Cc1c(NC(=O)c2c(NC(=O)C(C)Cn3nc([N+](=O)[O-])cc3C)cnn2C)cnn1C. The summed E-state index contributed by atoms with van der Waals surface area (Å²) in [4.78, 5) is 35.8. The molecule has 2 N–H and O–H groups in total. The van der Waals surface area contributed by atoms with Crippen LogP contribution in [0.4, 0.5) is 17.2 Å². The van der Waals surface area contributed by atoms with Crippen molar-refractivity contribution in [2.75, 3.05) is 10.6 Å². The number of carbonyl (C=O) groups is 2. The van der Waals surface area contributed by atoms with Crippen LogP contribution in [0.3, 0.4) is 0 Å². The fourth-order valence-electron chi connectivity index (χ4n) is 2.97. The molecule has 3 aromatic heterocycles. The molecule has 0 bridgehead atoms. The van der Waals surface area contributed by atoms with Gasteiger partial charge in [-0.25, -0.2) is 0 Å². The van der Waals surface area contributed by atoms with Crippen molar-refractivity contribution < 1.29 is 14.5 Å². The summed E-state index contributed by atoms with van der Waals surface area (Å²) in [6, 6.07) is 1.34. The van der Waals surface area contributed by atoms with Gasteiger partial charge in [0.2, 0.25) is 5.91 Å². The fraction of sp³-hybridized carbons (Fsp3) is 0.389. The highest BCUT2D eigenvalue weighted by Gasteiger charge is 2.24. The second kappa shape index (κ2) is 8.38. The van der Waals surface area contributed by atoms with Crippen molar-refractivity contribution >= 4 is 29.0 Å². The Hall–Kier alpha value is -4.03. The monoisotopic (exact) mass is 429 g/mol. The van der Waals surface area contributed by atoms with Gasteiger partial charge in [0.25, 0.3) is 5.91 Å². The number of hydrogen-bond acceptors (Lipinski definition) is 7. The molecule has 1 unspecified atom stereocenters. The van der Waals surface area contributed by atoms with Gasteiger partial charge in [0.05, 0.1) is 58.8 Å². The van der Waals surface area contributed by atoms with Crippen LogP contribution in [0, 0.1) is 29.9 Å². The van der Waals surface area contributed by atoms with Gasteiger partial charge >= 0.3 is 5.82 Å². The Labute approximate surface area is 177 Å². The summed E-state index contributed by atoms with van der Waals surface area (Å²) < 4.78 is 4.40. The number of rotatable bonds is 7. The Balaban J connectivity index is 1.72. The van der Waals surface area contributed by atoms with Gasteiger partial charge in [-0.05, 0) is 18.8 Å². The Morgan fingerprint density at radius 1 is 1.13 bits per heavy atom. The van der Waals surface area contributed by atoms with Crippen molar-refractivity contribution in [3.8, 4) is 0 Å². The summed E-state index contributed by atoms with van der Waals surface area (Å²) in [5, 5.41) is 28.4. The van der Waals surface area contributed by atoms with Gasteiger partial charge in [-0.3, -0.25) is 19.0 Å². The van der Waals surface area contributed by atoms with Crippen LogP contribution >= 0.6 is 0 Å². The van der Waals surface area contributed by atoms with Gasteiger partial charge in [-0.2, -0.15) is 14.9 Å². The summed E-state index contributed by atoms with van der Waals surface area (Å²) in [7, 11) is 3.36. The molecular formula is C18H23N9O4. The second-order valence-electron chi connectivity index (χ2n) is 7.23. The zero-order valence-electron chi connectivity index (χ0n) is 17.8. The van der Waals surface area contributed by atoms with Gasteiger partial charge < -0.3 is 20.7 Å². The summed E-state index contributed by atoms with van der Waals surface area (Å²) in [5.41, 5.74) is 2.32. The topological polar surface area (TPSA) is 155 Å². The molecule has 0 saturated carbocycles. The van der Waals surface area contributed by atoms with Gasteiger partial charge in [0.1, 0.15) is 5.69 Å². The van der Waals surface area contributed by atoms with Crippen LogP contribution in [0.15, 0.2) is 18.5 Å². The maximum absolute atomic E-state index is 12.8. The highest BCUT2D eigenvalue weighted by atomic mass is 16.6. The zero-order chi connectivity index (χ0) is 22.9. The first kappa shape index (κ1) is 21.7. The van der Waals surface area contributed by atoms with Crippen molar-refractivity contribution in [2.24, 2.45) is 20.0 Å². The Morgan fingerprint density at radius 2 is 1.77 bits per heavy atom. The van der Waals surface area contributed by atoms with E-state index in [2.05, 4.69) is 25.9 Å². The number of anilines is 2. The van der Waals surface area contributed by atoms with Crippen molar-refractivity contribution in [1.82, 2.24) is 29.3 Å². The molecular weight excluding hydrogens is 406 g/mol. The molecule has 0 aromatic carbocycles. The Kier molecular flexibility index (Phi) is 5.86. The first-order chi connectivity index (χ1) is 14.6. The summed E-state index contributed by atoms with van der Waals surface area (Å²) in [5.74, 6) is -1.67. The molecule has 3 heterocycles. The number of carbonyl (C=O) groups excluding carboxylic acids is 2. The van der Waals surface area contributed by atoms with Crippen molar-refractivity contribution in [2.45, 2.75) is 27.3 Å². The molecule has 2 amide bonds. The lowest BCUT2D eigenvalue weighted by Crippen LogP contribution is -2.27. The van der Waals surface area contributed by atoms with Crippen LogP contribution in [-0.2, 0) is 25.4 Å². The molecule has 31 heavy (non-hydrogen) atoms. The van der Waals surface area contributed by atoms with Gasteiger partial charge in [0.15, 0.2) is 0 Å². The third-order valence-corrected chi connectivity index (χ3v) is 4.94. The lowest BCUT2D eigenvalue weighted by molar-refractivity contribution is -0.389. The molecule has 3 rings (SSSR count). The van der Waals surface area contributed by atoms with E-state index < -0.39 is 16.7 Å². The largest absolute Gasteiger partial charge is 0.390 e. The third kappa shape index (κ3) is 4.44. The molecule has 0 radical (unpaired) electrons. The third-order valence-electron chi connectivity index (χ3n) is 4.94. The summed E-state index contributed by atoms with van der Waals surface area (Å²) in [6.07, 6.45) is 2.93. The van der Waals surface area contributed by atoms with E-state index in [0.29, 0.717) is 11.4 Å². The number of aryl methyl sites for hydroxylation is 3. The standard InChI is InChI=1S/C18H23N9O4/c1-10(9-26-11(2)6-15(23-26)27(30)31)17(28)22-14-8-20-25(5)16(14)18(29)21-13-7-19-24(4)12(13)3/h6-8,10H,9H2,1-5H3,(H,21,29)(H,22,28). The van der Waals surface area contributed by atoms with Crippen LogP contribution in [0.5, 0.6) is 0 Å². The fourth-order valence-corrected chi connectivity index (χ4v) is 2.97. The predicted molar refractivity (Wildman–Crippen MR) is 111 cm³/mol. The molecule has 1 atom stereocenters. The number of amides is 2.